The van der Waals surface area contributed by atoms with Gasteiger partial charge in [-0.05, 0) is 38.1 Å². The SMILES string of the molecule is CC(C)Oc1ccc(-c2nnc3sc(N)nn3c2=O)cc1. The van der Waals surface area contributed by atoms with E-state index in [1.54, 1.807) is 24.3 Å². The molecular weight excluding hydrogens is 290 g/mol. The summed E-state index contributed by atoms with van der Waals surface area (Å²) >= 11 is 1.12. The molecule has 0 aliphatic rings. The summed E-state index contributed by atoms with van der Waals surface area (Å²) in [7, 11) is 0. The molecule has 0 spiro atoms. The number of nitrogens with zero attached hydrogens (tertiary/aromatic N) is 4. The van der Waals surface area contributed by atoms with Crippen LogP contribution in [0.2, 0.25) is 0 Å². The quantitative estimate of drug-likeness (QED) is 0.789. The zero-order valence-electron chi connectivity index (χ0n) is 11.5. The number of hydrogen-bond acceptors (Lipinski definition) is 7. The number of rotatable bonds is 3. The summed E-state index contributed by atoms with van der Waals surface area (Å²) in [5.74, 6) is 0.737. The highest BCUT2D eigenvalue weighted by Crippen LogP contribution is 2.20. The Kier molecular flexibility index (Phi) is 3.30. The van der Waals surface area contributed by atoms with E-state index in [1.807, 2.05) is 13.8 Å². The number of fused-ring (bicyclic) bond motifs is 1. The summed E-state index contributed by atoms with van der Waals surface area (Å²) in [4.78, 5) is 12.7. The fourth-order valence-electron chi connectivity index (χ4n) is 1.87. The molecule has 2 N–H and O–H groups in total. The molecule has 0 bridgehead atoms. The van der Waals surface area contributed by atoms with Crippen LogP contribution in [0.15, 0.2) is 29.1 Å². The van der Waals surface area contributed by atoms with Crippen LogP contribution in [0.5, 0.6) is 5.75 Å². The van der Waals surface area contributed by atoms with Crippen LogP contribution < -0.4 is 16.0 Å². The molecule has 0 aliphatic heterocycles. The number of benzene rings is 1. The molecule has 0 saturated heterocycles. The smallest absolute Gasteiger partial charge is 0.302 e. The molecule has 0 radical (unpaired) electrons. The molecule has 1 aromatic carbocycles. The minimum atomic E-state index is -0.342. The first-order valence-electron chi connectivity index (χ1n) is 6.33. The maximum Gasteiger partial charge on any atom is 0.302 e. The number of anilines is 1. The van der Waals surface area contributed by atoms with Gasteiger partial charge in [-0.15, -0.1) is 15.3 Å². The second-order valence-corrected chi connectivity index (χ2v) is 5.67. The lowest BCUT2D eigenvalue weighted by Crippen LogP contribution is -2.19. The molecule has 2 aromatic heterocycles. The van der Waals surface area contributed by atoms with Gasteiger partial charge in [0.15, 0.2) is 5.69 Å². The molecule has 0 atom stereocenters. The van der Waals surface area contributed by atoms with Crippen molar-refractivity contribution < 1.29 is 4.74 Å². The van der Waals surface area contributed by atoms with Crippen LogP contribution >= 0.6 is 11.3 Å². The van der Waals surface area contributed by atoms with E-state index in [2.05, 4.69) is 15.3 Å². The van der Waals surface area contributed by atoms with Crippen molar-refractivity contribution in [2.75, 3.05) is 5.73 Å². The Bertz CT molecular complexity index is 838. The summed E-state index contributed by atoms with van der Waals surface area (Å²) in [6, 6.07) is 7.12. The average Bonchev–Trinajstić information content (AvgIpc) is 2.81. The van der Waals surface area contributed by atoms with Gasteiger partial charge in [-0.3, -0.25) is 4.79 Å². The molecule has 0 saturated carbocycles. The molecule has 8 heteroatoms. The van der Waals surface area contributed by atoms with Crippen molar-refractivity contribution in [2.45, 2.75) is 20.0 Å². The molecule has 0 aliphatic carbocycles. The highest BCUT2D eigenvalue weighted by molar-refractivity contribution is 7.20. The maximum absolute atomic E-state index is 12.3. The summed E-state index contributed by atoms with van der Waals surface area (Å²) in [6.45, 7) is 3.90. The van der Waals surface area contributed by atoms with Crippen molar-refractivity contribution >= 4 is 21.4 Å². The van der Waals surface area contributed by atoms with Gasteiger partial charge < -0.3 is 10.5 Å². The Balaban J connectivity index is 2.04. The Labute approximate surface area is 124 Å². The van der Waals surface area contributed by atoms with E-state index in [0.29, 0.717) is 10.5 Å². The summed E-state index contributed by atoms with van der Waals surface area (Å²) in [5.41, 5.74) is 6.12. The summed E-state index contributed by atoms with van der Waals surface area (Å²) in [6.07, 6.45) is 0.0931. The number of hydrogen-bond donors (Lipinski definition) is 1. The van der Waals surface area contributed by atoms with Gasteiger partial charge in [0.2, 0.25) is 10.1 Å². The van der Waals surface area contributed by atoms with Gasteiger partial charge in [-0.2, -0.15) is 4.52 Å². The molecule has 0 amide bonds. The van der Waals surface area contributed by atoms with Crippen LogP contribution in [0, 0.1) is 0 Å². The lowest BCUT2D eigenvalue weighted by Gasteiger charge is -2.09. The number of ether oxygens (including phenoxy) is 1. The standard InChI is InChI=1S/C13H13N5O2S/c1-7(2)20-9-5-3-8(4-6-9)10-11(19)18-13(16-15-10)21-12(14)17-18/h3-7H,1-2H3,(H2,14,17). The molecule has 108 valence electrons. The van der Waals surface area contributed by atoms with Crippen molar-refractivity contribution in [1.82, 2.24) is 19.8 Å². The zero-order chi connectivity index (χ0) is 15.0. The van der Waals surface area contributed by atoms with E-state index in [1.165, 1.54) is 4.52 Å². The lowest BCUT2D eigenvalue weighted by molar-refractivity contribution is 0.242. The first kappa shape index (κ1) is 13.5. The molecule has 7 nitrogen and oxygen atoms in total. The average molecular weight is 303 g/mol. The second kappa shape index (κ2) is 5.13. The molecule has 2 heterocycles. The number of nitrogens with two attached hydrogens (primary N) is 1. The second-order valence-electron chi connectivity index (χ2n) is 4.68. The molecular formula is C13H13N5O2S. The van der Waals surface area contributed by atoms with Crippen LogP contribution in [0.4, 0.5) is 5.13 Å². The van der Waals surface area contributed by atoms with Crippen molar-refractivity contribution in [3.63, 3.8) is 0 Å². The fourth-order valence-corrected chi connectivity index (χ4v) is 2.48. The van der Waals surface area contributed by atoms with Crippen LogP contribution in [-0.2, 0) is 0 Å². The van der Waals surface area contributed by atoms with Crippen molar-refractivity contribution in [2.24, 2.45) is 0 Å². The fraction of sp³-hybridized carbons (Fsp3) is 0.231. The zero-order valence-corrected chi connectivity index (χ0v) is 12.3. The third-order valence-corrected chi connectivity index (χ3v) is 3.43. The van der Waals surface area contributed by atoms with E-state index in [4.69, 9.17) is 10.5 Å². The Hall–Kier alpha value is -2.48. The normalized spacial score (nSPS) is 11.2. The van der Waals surface area contributed by atoms with E-state index >= 15 is 0 Å². The minimum Gasteiger partial charge on any atom is -0.491 e. The first-order chi connectivity index (χ1) is 10.0. The highest BCUT2D eigenvalue weighted by Gasteiger charge is 2.12. The lowest BCUT2D eigenvalue weighted by atomic mass is 10.1. The maximum atomic E-state index is 12.3. The Morgan fingerprint density at radius 2 is 1.95 bits per heavy atom. The van der Waals surface area contributed by atoms with Crippen LogP contribution in [0.1, 0.15) is 13.8 Å². The first-order valence-corrected chi connectivity index (χ1v) is 7.15. The largest absolute Gasteiger partial charge is 0.491 e. The topological polar surface area (TPSA) is 95.4 Å². The molecule has 3 aromatic rings. The van der Waals surface area contributed by atoms with Crippen molar-refractivity contribution in [3.8, 4) is 17.0 Å². The molecule has 3 rings (SSSR count). The van der Waals surface area contributed by atoms with Gasteiger partial charge in [0, 0.05) is 5.56 Å². The van der Waals surface area contributed by atoms with Gasteiger partial charge in [-0.25, -0.2) is 0 Å². The third kappa shape index (κ3) is 2.57. The third-order valence-electron chi connectivity index (χ3n) is 2.71. The highest BCUT2D eigenvalue weighted by atomic mass is 32.1. The number of aromatic nitrogens is 4. The predicted molar refractivity (Wildman–Crippen MR) is 80.5 cm³/mol. The van der Waals surface area contributed by atoms with Crippen LogP contribution in [0.25, 0.3) is 16.2 Å². The Morgan fingerprint density at radius 1 is 1.24 bits per heavy atom. The van der Waals surface area contributed by atoms with Crippen molar-refractivity contribution in [1.29, 1.82) is 0 Å². The predicted octanol–water partition coefficient (Wildman–Crippen LogP) is 1.58. The molecule has 0 unspecified atom stereocenters. The van der Waals surface area contributed by atoms with Gasteiger partial charge in [0.1, 0.15) is 5.75 Å². The van der Waals surface area contributed by atoms with Gasteiger partial charge in [-0.1, -0.05) is 11.3 Å². The van der Waals surface area contributed by atoms with Crippen molar-refractivity contribution in [3.05, 3.63) is 34.6 Å². The number of nitrogen functional groups attached to an aromatic ring is 1. The summed E-state index contributed by atoms with van der Waals surface area (Å²) < 4.78 is 6.73. The van der Waals surface area contributed by atoms with E-state index in [9.17, 15) is 4.79 Å². The minimum absolute atomic E-state index is 0.0931. The van der Waals surface area contributed by atoms with Gasteiger partial charge in [0.25, 0.3) is 0 Å². The van der Waals surface area contributed by atoms with Crippen LogP contribution in [-0.4, -0.2) is 25.9 Å². The van der Waals surface area contributed by atoms with Gasteiger partial charge in [0.05, 0.1) is 6.10 Å². The van der Waals surface area contributed by atoms with E-state index in [-0.39, 0.29) is 22.5 Å². The van der Waals surface area contributed by atoms with Gasteiger partial charge >= 0.3 is 5.56 Å². The summed E-state index contributed by atoms with van der Waals surface area (Å²) in [5, 5.41) is 12.1. The Morgan fingerprint density at radius 3 is 2.62 bits per heavy atom. The van der Waals surface area contributed by atoms with E-state index < -0.39 is 0 Å². The van der Waals surface area contributed by atoms with Crippen LogP contribution in [0.3, 0.4) is 0 Å². The molecule has 21 heavy (non-hydrogen) atoms. The molecule has 0 fully saturated rings. The monoisotopic (exact) mass is 303 g/mol. The van der Waals surface area contributed by atoms with E-state index in [0.717, 1.165) is 17.1 Å².